The normalized spacial score (nSPS) is 21.9. The molecule has 1 aliphatic rings. The lowest BCUT2D eigenvalue weighted by atomic mass is 9.99. The Morgan fingerprint density at radius 2 is 2.13 bits per heavy atom. The second kappa shape index (κ2) is 6.78. The minimum atomic E-state index is -0.514. The SMILES string of the molecule is C[C@H]1CC[C@@H](NC(=O)OC(C)(C)C)CN1c1cc(Cl)nc(N)n1. The number of aromatic nitrogens is 2. The van der Waals surface area contributed by atoms with Gasteiger partial charge in [-0.1, -0.05) is 11.6 Å². The first kappa shape index (κ1) is 17.6. The molecule has 0 aromatic carbocycles. The fourth-order valence-electron chi connectivity index (χ4n) is 2.59. The van der Waals surface area contributed by atoms with E-state index in [9.17, 15) is 4.79 Å². The molecule has 1 saturated heterocycles. The second-order valence-corrected chi connectivity index (χ2v) is 7.22. The number of nitrogen functional groups attached to an aromatic ring is 1. The van der Waals surface area contributed by atoms with Gasteiger partial charge >= 0.3 is 6.09 Å². The van der Waals surface area contributed by atoms with E-state index in [1.54, 1.807) is 6.07 Å². The zero-order chi connectivity index (χ0) is 17.2. The van der Waals surface area contributed by atoms with Crippen molar-refractivity contribution in [2.75, 3.05) is 17.2 Å². The molecule has 2 heterocycles. The van der Waals surface area contributed by atoms with Crippen molar-refractivity contribution in [1.82, 2.24) is 15.3 Å². The fourth-order valence-corrected chi connectivity index (χ4v) is 2.77. The molecule has 0 saturated carbocycles. The highest BCUT2D eigenvalue weighted by Crippen LogP contribution is 2.25. The van der Waals surface area contributed by atoms with Crippen molar-refractivity contribution in [3.05, 3.63) is 11.2 Å². The topological polar surface area (TPSA) is 93.4 Å². The van der Waals surface area contributed by atoms with Gasteiger partial charge in [0.1, 0.15) is 16.6 Å². The molecule has 2 atom stereocenters. The number of nitrogens with zero attached hydrogens (tertiary/aromatic N) is 3. The van der Waals surface area contributed by atoms with E-state index < -0.39 is 11.7 Å². The molecule has 7 nitrogen and oxygen atoms in total. The molecule has 128 valence electrons. The number of piperidine rings is 1. The van der Waals surface area contributed by atoms with E-state index >= 15 is 0 Å². The molecule has 0 spiro atoms. The van der Waals surface area contributed by atoms with Crippen molar-refractivity contribution in [3.8, 4) is 0 Å². The number of nitrogens with two attached hydrogens (primary N) is 1. The van der Waals surface area contributed by atoms with Gasteiger partial charge in [0.05, 0.1) is 0 Å². The van der Waals surface area contributed by atoms with Crippen LogP contribution < -0.4 is 16.0 Å². The van der Waals surface area contributed by atoms with Gasteiger partial charge in [-0.2, -0.15) is 4.98 Å². The molecule has 1 aliphatic heterocycles. The van der Waals surface area contributed by atoms with Crippen LogP contribution in [-0.4, -0.2) is 40.3 Å². The lowest BCUT2D eigenvalue weighted by Crippen LogP contribution is -2.52. The quantitative estimate of drug-likeness (QED) is 0.803. The van der Waals surface area contributed by atoms with Crippen LogP contribution in [0.25, 0.3) is 0 Å². The van der Waals surface area contributed by atoms with Gasteiger partial charge in [0.2, 0.25) is 5.95 Å². The van der Waals surface area contributed by atoms with E-state index in [1.165, 1.54) is 0 Å². The summed E-state index contributed by atoms with van der Waals surface area (Å²) in [7, 11) is 0. The van der Waals surface area contributed by atoms with Crippen LogP contribution >= 0.6 is 11.6 Å². The van der Waals surface area contributed by atoms with Gasteiger partial charge in [-0.25, -0.2) is 9.78 Å². The van der Waals surface area contributed by atoms with Gasteiger partial charge in [-0.15, -0.1) is 0 Å². The summed E-state index contributed by atoms with van der Waals surface area (Å²) in [5.41, 5.74) is 5.16. The largest absolute Gasteiger partial charge is 0.444 e. The average molecular weight is 342 g/mol. The molecule has 23 heavy (non-hydrogen) atoms. The van der Waals surface area contributed by atoms with Crippen LogP contribution in [-0.2, 0) is 4.74 Å². The van der Waals surface area contributed by atoms with Crippen molar-refractivity contribution in [1.29, 1.82) is 0 Å². The monoisotopic (exact) mass is 341 g/mol. The number of amides is 1. The van der Waals surface area contributed by atoms with E-state index in [1.807, 2.05) is 20.8 Å². The van der Waals surface area contributed by atoms with Crippen LogP contribution in [0.3, 0.4) is 0 Å². The summed E-state index contributed by atoms with van der Waals surface area (Å²) in [6.45, 7) is 8.25. The Hall–Kier alpha value is -1.76. The second-order valence-electron chi connectivity index (χ2n) is 6.83. The summed E-state index contributed by atoms with van der Waals surface area (Å²) in [5, 5.41) is 3.22. The van der Waals surface area contributed by atoms with Gasteiger partial charge < -0.3 is 20.7 Å². The number of hydrogen-bond donors (Lipinski definition) is 2. The highest BCUT2D eigenvalue weighted by molar-refractivity contribution is 6.29. The third-order valence-electron chi connectivity index (χ3n) is 3.60. The predicted molar refractivity (Wildman–Crippen MR) is 90.7 cm³/mol. The average Bonchev–Trinajstić information content (AvgIpc) is 2.37. The third-order valence-corrected chi connectivity index (χ3v) is 3.79. The zero-order valence-electron chi connectivity index (χ0n) is 14.0. The number of halogens is 1. The van der Waals surface area contributed by atoms with Crippen LogP contribution in [0.1, 0.15) is 40.5 Å². The number of carbonyl (C=O) groups excluding carboxylic acids is 1. The van der Waals surface area contributed by atoms with Crippen LogP contribution in [0.15, 0.2) is 6.07 Å². The van der Waals surface area contributed by atoms with Crippen molar-refractivity contribution >= 4 is 29.5 Å². The maximum atomic E-state index is 11.9. The Balaban J connectivity index is 2.05. The van der Waals surface area contributed by atoms with Crippen molar-refractivity contribution in [3.63, 3.8) is 0 Å². The first-order valence-electron chi connectivity index (χ1n) is 7.70. The van der Waals surface area contributed by atoms with Gasteiger partial charge in [-0.3, -0.25) is 0 Å². The number of hydrogen-bond acceptors (Lipinski definition) is 6. The molecular weight excluding hydrogens is 318 g/mol. The Bertz CT molecular complexity index is 555. The van der Waals surface area contributed by atoms with Crippen LogP contribution in [0.4, 0.5) is 16.6 Å². The number of anilines is 2. The van der Waals surface area contributed by atoms with Gasteiger partial charge in [-0.05, 0) is 40.5 Å². The number of carbonyl (C=O) groups is 1. The predicted octanol–water partition coefficient (Wildman–Crippen LogP) is 2.59. The van der Waals surface area contributed by atoms with Crippen LogP contribution in [0.2, 0.25) is 5.15 Å². The van der Waals surface area contributed by atoms with Crippen molar-refractivity contribution in [2.24, 2.45) is 0 Å². The molecule has 1 aromatic heterocycles. The summed E-state index contributed by atoms with van der Waals surface area (Å²) >= 11 is 5.96. The summed E-state index contributed by atoms with van der Waals surface area (Å²) in [6.07, 6.45) is 1.39. The Kier molecular flexibility index (Phi) is 5.19. The lowest BCUT2D eigenvalue weighted by molar-refractivity contribution is 0.0497. The molecule has 2 rings (SSSR count). The van der Waals surface area contributed by atoms with Gasteiger partial charge in [0.25, 0.3) is 0 Å². The molecule has 3 N–H and O–H groups in total. The first-order chi connectivity index (χ1) is 10.6. The molecule has 1 fully saturated rings. The molecule has 1 amide bonds. The number of rotatable bonds is 2. The molecule has 0 radical (unpaired) electrons. The van der Waals surface area contributed by atoms with E-state index in [4.69, 9.17) is 22.1 Å². The van der Waals surface area contributed by atoms with E-state index in [0.717, 1.165) is 12.8 Å². The summed E-state index contributed by atoms with van der Waals surface area (Å²) in [4.78, 5) is 22.1. The third kappa shape index (κ3) is 5.13. The summed E-state index contributed by atoms with van der Waals surface area (Å²) in [6, 6.07) is 1.94. The highest BCUT2D eigenvalue weighted by Gasteiger charge is 2.29. The Labute approximate surface area is 141 Å². The zero-order valence-corrected chi connectivity index (χ0v) is 14.7. The lowest BCUT2D eigenvalue weighted by Gasteiger charge is -2.39. The first-order valence-corrected chi connectivity index (χ1v) is 8.08. The molecule has 0 unspecified atom stereocenters. The summed E-state index contributed by atoms with van der Waals surface area (Å²) < 4.78 is 5.31. The minimum Gasteiger partial charge on any atom is -0.444 e. The van der Waals surface area contributed by atoms with E-state index in [0.29, 0.717) is 17.5 Å². The van der Waals surface area contributed by atoms with Crippen molar-refractivity contribution < 1.29 is 9.53 Å². The maximum absolute atomic E-state index is 11.9. The molecule has 0 aliphatic carbocycles. The fraction of sp³-hybridized carbons (Fsp3) is 0.667. The minimum absolute atomic E-state index is 0.0176. The van der Waals surface area contributed by atoms with E-state index in [2.05, 4.69) is 27.1 Å². The maximum Gasteiger partial charge on any atom is 0.407 e. The molecular formula is C15H24ClN5O2. The molecule has 1 aromatic rings. The Morgan fingerprint density at radius 1 is 1.43 bits per heavy atom. The number of ether oxygens (including phenoxy) is 1. The molecule has 0 bridgehead atoms. The molecule has 8 heteroatoms. The summed E-state index contributed by atoms with van der Waals surface area (Å²) in [5.74, 6) is 0.813. The number of nitrogens with one attached hydrogen (secondary N) is 1. The van der Waals surface area contributed by atoms with Crippen LogP contribution in [0.5, 0.6) is 0 Å². The van der Waals surface area contributed by atoms with Crippen molar-refractivity contribution in [2.45, 2.75) is 58.2 Å². The van der Waals surface area contributed by atoms with Gasteiger partial charge in [0, 0.05) is 24.7 Å². The van der Waals surface area contributed by atoms with Gasteiger partial charge in [0.15, 0.2) is 0 Å². The Morgan fingerprint density at radius 3 is 2.74 bits per heavy atom. The number of alkyl carbamates (subject to hydrolysis) is 1. The van der Waals surface area contributed by atoms with Crippen LogP contribution in [0, 0.1) is 0 Å². The standard InChI is InChI=1S/C15H24ClN5O2/c1-9-5-6-10(18-14(22)23-15(2,3)4)8-21(9)12-7-11(16)19-13(17)20-12/h7,9-10H,5-6,8H2,1-4H3,(H,18,22)(H2,17,19,20)/t9-,10+/m0/s1. The smallest absolute Gasteiger partial charge is 0.407 e. The highest BCUT2D eigenvalue weighted by atomic mass is 35.5. The van der Waals surface area contributed by atoms with E-state index in [-0.39, 0.29) is 18.0 Å².